The fourth-order valence-corrected chi connectivity index (χ4v) is 2.86. The first-order valence-corrected chi connectivity index (χ1v) is 7.85. The SMILES string of the molecule is Cc1cccnc1C(O)C(=O)N1CCOc2cccc(C(=O)O)c2C1. The molecule has 1 amide bonds. The molecule has 0 radical (unpaired) electrons. The van der Waals surface area contributed by atoms with Crippen molar-refractivity contribution in [3.05, 3.63) is 58.9 Å². The van der Waals surface area contributed by atoms with Gasteiger partial charge < -0.3 is 19.8 Å². The zero-order valence-electron chi connectivity index (χ0n) is 13.7. The molecule has 0 spiro atoms. The minimum Gasteiger partial charge on any atom is -0.491 e. The number of nitrogens with zero attached hydrogens (tertiary/aromatic N) is 2. The molecule has 1 aromatic carbocycles. The second-order valence-corrected chi connectivity index (χ2v) is 5.80. The molecule has 130 valence electrons. The minimum absolute atomic E-state index is 0.0551. The van der Waals surface area contributed by atoms with E-state index in [1.54, 1.807) is 31.2 Å². The second kappa shape index (κ2) is 6.90. The maximum absolute atomic E-state index is 12.7. The molecular formula is C18H18N2O5. The lowest BCUT2D eigenvalue weighted by molar-refractivity contribution is -0.141. The number of aliphatic hydroxyl groups is 1. The maximum Gasteiger partial charge on any atom is 0.336 e. The van der Waals surface area contributed by atoms with Crippen LogP contribution >= 0.6 is 0 Å². The van der Waals surface area contributed by atoms with Gasteiger partial charge in [0, 0.05) is 11.8 Å². The van der Waals surface area contributed by atoms with Crippen molar-refractivity contribution in [3.8, 4) is 5.75 Å². The predicted octanol–water partition coefficient (Wildman–Crippen LogP) is 1.54. The van der Waals surface area contributed by atoms with Gasteiger partial charge in [-0.2, -0.15) is 0 Å². The van der Waals surface area contributed by atoms with E-state index >= 15 is 0 Å². The van der Waals surface area contributed by atoms with Gasteiger partial charge in [0.1, 0.15) is 12.4 Å². The Morgan fingerprint density at radius 3 is 2.80 bits per heavy atom. The molecule has 1 atom stereocenters. The molecule has 1 aliphatic rings. The zero-order chi connectivity index (χ0) is 18.0. The van der Waals surface area contributed by atoms with E-state index in [0.29, 0.717) is 22.6 Å². The number of carbonyl (C=O) groups excluding carboxylic acids is 1. The fraction of sp³-hybridized carbons (Fsp3) is 0.278. The molecule has 0 saturated heterocycles. The van der Waals surface area contributed by atoms with E-state index < -0.39 is 18.0 Å². The smallest absolute Gasteiger partial charge is 0.336 e. The second-order valence-electron chi connectivity index (χ2n) is 5.80. The molecule has 0 aliphatic carbocycles. The third kappa shape index (κ3) is 3.32. The van der Waals surface area contributed by atoms with Crippen LogP contribution < -0.4 is 4.74 Å². The van der Waals surface area contributed by atoms with Crippen LogP contribution in [0, 0.1) is 6.92 Å². The van der Waals surface area contributed by atoms with E-state index in [-0.39, 0.29) is 25.3 Å². The first-order valence-electron chi connectivity index (χ1n) is 7.85. The molecule has 2 heterocycles. The van der Waals surface area contributed by atoms with Crippen LogP contribution in [-0.4, -0.2) is 45.1 Å². The number of rotatable bonds is 3. The third-order valence-electron chi connectivity index (χ3n) is 4.19. The quantitative estimate of drug-likeness (QED) is 0.878. The summed E-state index contributed by atoms with van der Waals surface area (Å²) in [5.74, 6) is -1.17. The molecule has 0 bridgehead atoms. The van der Waals surface area contributed by atoms with Gasteiger partial charge in [0.25, 0.3) is 5.91 Å². The van der Waals surface area contributed by atoms with E-state index in [1.807, 2.05) is 0 Å². The van der Waals surface area contributed by atoms with Crippen molar-refractivity contribution < 1.29 is 24.5 Å². The standard InChI is InChI=1S/C18H18N2O5/c1-11-4-3-7-19-15(11)16(21)17(22)20-8-9-25-14-6-2-5-12(18(23)24)13(14)10-20/h2-7,16,21H,8-10H2,1H3,(H,23,24). The van der Waals surface area contributed by atoms with Crippen LogP contribution in [0.5, 0.6) is 5.75 Å². The molecule has 1 aromatic heterocycles. The van der Waals surface area contributed by atoms with Gasteiger partial charge in [-0.1, -0.05) is 12.1 Å². The number of aryl methyl sites for hydroxylation is 1. The largest absolute Gasteiger partial charge is 0.491 e. The summed E-state index contributed by atoms with van der Waals surface area (Å²) in [7, 11) is 0. The number of carboxylic acid groups (broad SMARTS) is 1. The highest BCUT2D eigenvalue weighted by Crippen LogP contribution is 2.28. The van der Waals surface area contributed by atoms with Crippen molar-refractivity contribution in [1.29, 1.82) is 0 Å². The van der Waals surface area contributed by atoms with E-state index in [9.17, 15) is 19.8 Å². The minimum atomic E-state index is -1.40. The Bertz CT molecular complexity index is 821. The Balaban J connectivity index is 1.90. The molecule has 1 unspecified atom stereocenters. The average Bonchev–Trinajstić information content (AvgIpc) is 2.82. The van der Waals surface area contributed by atoms with Gasteiger partial charge in [0.2, 0.25) is 0 Å². The lowest BCUT2D eigenvalue weighted by Crippen LogP contribution is -2.37. The number of pyridine rings is 1. The number of benzene rings is 1. The van der Waals surface area contributed by atoms with Gasteiger partial charge in [0.05, 0.1) is 24.3 Å². The number of carbonyl (C=O) groups is 2. The van der Waals surface area contributed by atoms with E-state index in [4.69, 9.17) is 4.74 Å². The Morgan fingerprint density at radius 1 is 1.28 bits per heavy atom. The highest BCUT2D eigenvalue weighted by Gasteiger charge is 2.29. The van der Waals surface area contributed by atoms with Gasteiger partial charge in [0.15, 0.2) is 6.10 Å². The molecule has 25 heavy (non-hydrogen) atoms. The highest BCUT2D eigenvalue weighted by molar-refractivity contribution is 5.90. The fourth-order valence-electron chi connectivity index (χ4n) is 2.86. The molecule has 2 N–H and O–H groups in total. The zero-order valence-corrected chi connectivity index (χ0v) is 13.7. The molecule has 0 saturated carbocycles. The summed E-state index contributed by atoms with van der Waals surface area (Å²) >= 11 is 0. The first kappa shape index (κ1) is 16.9. The Morgan fingerprint density at radius 2 is 2.08 bits per heavy atom. The Labute approximate surface area is 144 Å². The van der Waals surface area contributed by atoms with Crippen molar-refractivity contribution >= 4 is 11.9 Å². The van der Waals surface area contributed by atoms with Crippen LogP contribution in [0.3, 0.4) is 0 Å². The van der Waals surface area contributed by atoms with Gasteiger partial charge in [-0.05, 0) is 30.7 Å². The van der Waals surface area contributed by atoms with Crippen LogP contribution in [0.4, 0.5) is 0 Å². The van der Waals surface area contributed by atoms with Crippen molar-refractivity contribution in [2.45, 2.75) is 19.6 Å². The summed E-state index contributed by atoms with van der Waals surface area (Å²) in [6.45, 7) is 2.28. The number of hydrogen-bond donors (Lipinski definition) is 2. The summed E-state index contributed by atoms with van der Waals surface area (Å²) in [5.41, 5.74) is 1.51. The lowest BCUT2D eigenvalue weighted by Gasteiger charge is -2.23. The summed E-state index contributed by atoms with van der Waals surface area (Å²) in [6.07, 6.45) is 0.113. The number of fused-ring (bicyclic) bond motifs is 1. The topological polar surface area (TPSA) is 100.0 Å². The van der Waals surface area contributed by atoms with Crippen molar-refractivity contribution in [2.24, 2.45) is 0 Å². The summed E-state index contributed by atoms with van der Waals surface area (Å²) in [5, 5.41) is 19.8. The van der Waals surface area contributed by atoms with Gasteiger partial charge in [-0.25, -0.2) is 4.79 Å². The molecule has 0 fully saturated rings. The number of amides is 1. The monoisotopic (exact) mass is 342 g/mol. The van der Waals surface area contributed by atoms with E-state index in [1.165, 1.54) is 17.2 Å². The molecule has 7 heteroatoms. The van der Waals surface area contributed by atoms with Crippen molar-refractivity contribution in [2.75, 3.05) is 13.2 Å². The number of aliphatic hydroxyl groups excluding tert-OH is 1. The summed E-state index contributed by atoms with van der Waals surface area (Å²) in [4.78, 5) is 29.7. The Kier molecular flexibility index (Phi) is 4.67. The number of aromatic carboxylic acids is 1. The summed E-state index contributed by atoms with van der Waals surface area (Å²) in [6, 6.07) is 8.24. The van der Waals surface area contributed by atoms with Gasteiger partial charge in [-0.15, -0.1) is 0 Å². The predicted molar refractivity (Wildman–Crippen MR) is 88.2 cm³/mol. The van der Waals surface area contributed by atoms with Gasteiger partial charge >= 0.3 is 5.97 Å². The normalized spacial score (nSPS) is 14.9. The van der Waals surface area contributed by atoms with Crippen LogP contribution in [-0.2, 0) is 11.3 Å². The van der Waals surface area contributed by atoms with Crippen LogP contribution in [0.15, 0.2) is 36.5 Å². The Hall–Kier alpha value is -2.93. The molecule has 3 rings (SSSR count). The maximum atomic E-state index is 12.7. The average molecular weight is 342 g/mol. The third-order valence-corrected chi connectivity index (χ3v) is 4.19. The first-order chi connectivity index (χ1) is 12.0. The van der Waals surface area contributed by atoms with Crippen LogP contribution in [0.25, 0.3) is 0 Å². The summed E-state index contributed by atoms with van der Waals surface area (Å²) < 4.78 is 5.57. The molecule has 1 aliphatic heterocycles. The molecule has 2 aromatic rings. The number of aromatic nitrogens is 1. The number of carboxylic acids is 1. The van der Waals surface area contributed by atoms with Crippen LogP contribution in [0.2, 0.25) is 0 Å². The van der Waals surface area contributed by atoms with E-state index in [2.05, 4.69) is 4.98 Å². The highest BCUT2D eigenvalue weighted by atomic mass is 16.5. The van der Waals surface area contributed by atoms with E-state index in [0.717, 1.165) is 0 Å². The van der Waals surface area contributed by atoms with Crippen molar-refractivity contribution in [3.63, 3.8) is 0 Å². The van der Waals surface area contributed by atoms with Gasteiger partial charge in [-0.3, -0.25) is 9.78 Å². The lowest BCUT2D eigenvalue weighted by atomic mass is 10.0. The van der Waals surface area contributed by atoms with Crippen LogP contribution in [0.1, 0.15) is 33.3 Å². The number of ether oxygens (including phenoxy) is 1. The molecule has 7 nitrogen and oxygen atoms in total. The van der Waals surface area contributed by atoms with Crippen molar-refractivity contribution in [1.82, 2.24) is 9.88 Å². The number of hydrogen-bond acceptors (Lipinski definition) is 5. The molecular weight excluding hydrogens is 324 g/mol.